The highest BCUT2D eigenvalue weighted by Crippen LogP contribution is 2.34. The maximum Gasteiger partial charge on any atom is 0.216 e. The standard InChI is InChI=1S/C25H21BrCl2FN3O2S/c1-2-21-23(14-30-35(33,34)15-16-3-10-20(29)11-4-16)31-32(24-12-9-19(27)13-22(24)28)25(21)17-5-7-18(26)8-6-17/h3-13,30H,2,14-15H2,1H3. The van der Waals surface area contributed by atoms with Crippen molar-refractivity contribution >= 4 is 49.2 Å². The van der Waals surface area contributed by atoms with Crippen LogP contribution in [0.3, 0.4) is 0 Å². The lowest BCUT2D eigenvalue weighted by molar-refractivity contribution is 0.578. The first-order chi connectivity index (χ1) is 16.7. The normalized spacial score (nSPS) is 11.7. The number of halogens is 4. The molecule has 0 unspecified atom stereocenters. The van der Waals surface area contributed by atoms with Gasteiger partial charge in [0.25, 0.3) is 0 Å². The first kappa shape index (κ1) is 25.9. The fourth-order valence-corrected chi connectivity index (χ4v) is 5.61. The van der Waals surface area contributed by atoms with E-state index in [-0.39, 0.29) is 12.3 Å². The van der Waals surface area contributed by atoms with Crippen LogP contribution >= 0.6 is 39.1 Å². The Morgan fingerprint density at radius 2 is 1.71 bits per heavy atom. The monoisotopic (exact) mass is 595 g/mol. The Morgan fingerprint density at radius 3 is 2.34 bits per heavy atom. The van der Waals surface area contributed by atoms with Gasteiger partial charge >= 0.3 is 0 Å². The summed E-state index contributed by atoms with van der Waals surface area (Å²) in [6.07, 6.45) is 0.617. The number of hydrogen-bond donors (Lipinski definition) is 1. The largest absolute Gasteiger partial charge is 0.231 e. The minimum Gasteiger partial charge on any atom is -0.231 e. The number of aromatic nitrogens is 2. The van der Waals surface area contributed by atoms with E-state index in [2.05, 4.69) is 20.7 Å². The molecule has 1 aromatic heterocycles. The fraction of sp³-hybridized carbons (Fsp3) is 0.160. The molecule has 0 amide bonds. The van der Waals surface area contributed by atoms with Gasteiger partial charge in [0.1, 0.15) is 5.82 Å². The van der Waals surface area contributed by atoms with Crippen molar-refractivity contribution in [3.05, 3.63) is 104 Å². The Bertz CT molecular complexity index is 1460. The van der Waals surface area contributed by atoms with Gasteiger partial charge in [-0.05, 0) is 54.4 Å². The van der Waals surface area contributed by atoms with Crippen LogP contribution in [0.15, 0.2) is 71.2 Å². The van der Waals surface area contributed by atoms with Crippen LogP contribution < -0.4 is 4.72 Å². The predicted octanol–water partition coefficient (Wildman–Crippen LogP) is 6.93. The highest BCUT2D eigenvalue weighted by atomic mass is 79.9. The second kappa shape index (κ2) is 10.8. The molecule has 0 bridgehead atoms. The van der Waals surface area contributed by atoms with Crippen LogP contribution in [0.5, 0.6) is 0 Å². The summed E-state index contributed by atoms with van der Waals surface area (Å²) in [5.41, 5.74) is 4.32. The smallest absolute Gasteiger partial charge is 0.216 e. The van der Waals surface area contributed by atoms with Gasteiger partial charge in [0, 0.05) is 20.6 Å². The molecule has 3 aromatic carbocycles. The molecule has 0 aliphatic rings. The molecular weight excluding hydrogens is 576 g/mol. The van der Waals surface area contributed by atoms with E-state index in [0.717, 1.165) is 21.3 Å². The molecule has 5 nitrogen and oxygen atoms in total. The van der Waals surface area contributed by atoms with Crippen LogP contribution in [-0.4, -0.2) is 18.2 Å². The van der Waals surface area contributed by atoms with Crippen LogP contribution in [0.4, 0.5) is 4.39 Å². The SMILES string of the molecule is CCc1c(CNS(=O)(=O)Cc2ccc(F)cc2)nn(-c2ccc(Cl)cc2Cl)c1-c1ccc(Br)cc1. The van der Waals surface area contributed by atoms with E-state index in [0.29, 0.717) is 33.4 Å². The first-order valence-electron chi connectivity index (χ1n) is 10.7. The summed E-state index contributed by atoms with van der Waals surface area (Å²) in [6.45, 7) is 1.98. The second-order valence-electron chi connectivity index (χ2n) is 7.85. The zero-order valence-corrected chi connectivity index (χ0v) is 22.5. The average molecular weight is 597 g/mol. The molecule has 0 spiro atoms. The van der Waals surface area contributed by atoms with Crippen LogP contribution in [0.25, 0.3) is 16.9 Å². The molecule has 182 valence electrons. The number of rotatable bonds is 8. The zero-order chi connectivity index (χ0) is 25.2. The third-order valence-electron chi connectivity index (χ3n) is 5.41. The van der Waals surface area contributed by atoms with Crippen molar-refractivity contribution in [3.8, 4) is 16.9 Å². The Labute approximate surface area is 222 Å². The lowest BCUT2D eigenvalue weighted by Gasteiger charge is -2.11. The number of sulfonamides is 1. The van der Waals surface area contributed by atoms with Crippen molar-refractivity contribution in [3.63, 3.8) is 0 Å². The molecule has 4 aromatic rings. The molecule has 1 N–H and O–H groups in total. The molecule has 10 heteroatoms. The Morgan fingerprint density at radius 1 is 1.03 bits per heavy atom. The summed E-state index contributed by atoms with van der Waals surface area (Å²) in [4.78, 5) is 0. The van der Waals surface area contributed by atoms with E-state index in [1.807, 2.05) is 31.2 Å². The Balaban J connectivity index is 1.73. The number of nitrogens with zero attached hydrogens (tertiary/aromatic N) is 2. The molecular formula is C25H21BrCl2FN3O2S. The molecule has 0 saturated heterocycles. The first-order valence-corrected chi connectivity index (χ1v) is 13.9. The van der Waals surface area contributed by atoms with Crippen molar-refractivity contribution in [1.82, 2.24) is 14.5 Å². The minimum absolute atomic E-state index is 0.00552. The fourth-order valence-electron chi connectivity index (χ4n) is 3.77. The third kappa shape index (κ3) is 6.13. The third-order valence-corrected chi connectivity index (χ3v) is 7.77. The maximum absolute atomic E-state index is 13.2. The predicted molar refractivity (Wildman–Crippen MR) is 142 cm³/mol. The lowest BCUT2D eigenvalue weighted by Crippen LogP contribution is -2.25. The molecule has 4 rings (SSSR count). The highest BCUT2D eigenvalue weighted by Gasteiger charge is 2.22. The van der Waals surface area contributed by atoms with E-state index in [1.54, 1.807) is 22.9 Å². The molecule has 0 aliphatic heterocycles. The van der Waals surface area contributed by atoms with Crippen molar-refractivity contribution in [2.45, 2.75) is 25.6 Å². The van der Waals surface area contributed by atoms with Gasteiger partial charge in [-0.25, -0.2) is 22.2 Å². The van der Waals surface area contributed by atoms with Crippen LogP contribution in [0.2, 0.25) is 10.0 Å². The number of benzene rings is 3. The maximum atomic E-state index is 13.2. The summed E-state index contributed by atoms with van der Waals surface area (Å²) < 4.78 is 43.9. The van der Waals surface area contributed by atoms with E-state index < -0.39 is 15.8 Å². The van der Waals surface area contributed by atoms with Crippen LogP contribution in [0, 0.1) is 5.82 Å². The van der Waals surface area contributed by atoms with Gasteiger partial charge in [-0.1, -0.05) is 70.3 Å². The second-order valence-corrected chi connectivity index (χ2v) is 11.4. The van der Waals surface area contributed by atoms with Crippen molar-refractivity contribution in [1.29, 1.82) is 0 Å². The van der Waals surface area contributed by atoms with E-state index in [4.69, 9.17) is 28.3 Å². The molecule has 0 fully saturated rings. The Hall–Kier alpha value is -2.23. The van der Waals surface area contributed by atoms with Gasteiger partial charge in [0.2, 0.25) is 10.0 Å². The molecule has 0 atom stereocenters. The zero-order valence-electron chi connectivity index (χ0n) is 18.6. The summed E-state index contributed by atoms with van der Waals surface area (Å²) in [5, 5.41) is 5.68. The van der Waals surface area contributed by atoms with Gasteiger partial charge in [0.15, 0.2) is 0 Å². The van der Waals surface area contributed by atoms with Gasteiger partial charge < -0.3 is 0 Å². The van der Waals surface area contributed by atoms with Crippen molar-refractivity contribution < 1.29 is 12.8 Å². The topological polar surface area (TPSA) is 64.0 Å². The van der Waals surface area contributed by atoms with Crippen molar-refractivity contribution in [2.75, 3.05) is 0 Å². The van der Waals surface area contributed by atoms with Gasteiger partial charge in [0.05, 0.1) is 34.4 Å². The highest BCUT2D eigenvalue weighted by molar-refractivity contribution is 9.10. The average Bonchev–Trinajstić information content (AvgIpc) is 3.18. The molecule has 35 heavy (non-hydrogen) atoms. The van der Waals surface area contributed by atoms with E-state index in [1.165, 1.54) is 24.3 Å². The summed E-state index contributed by atoms with van der Waals surface area (Å²) in [7, 11) is -3.69. The minimum atomic E-state index is -3.69. The van der Waals surface area contributed by atoms with E-state index in [9.17, 15) is 12.8 Å². The molecule has 0 radical (unpaired) electrons. The Kier molecular flexibility index (Phi) is 7.98. The van der Waals surface area contributed by atoms with Gasteiger partial charge in [-0.2, -0.15) is 5.10 Å². The van der Waals surface area contributed by atoms with Crippen molar-refractivity contribution in [2.24, 2.45) is 0 Å². The summed E-state index contributed by atoms with van der Waals surface area (Å²) >= 11 is 16.1. The lowest BCUT2D eigenvalue weighted by atomic mass is 10.0. The summed E-state index contributed by atoms with van der Waals surface area (Å²) in [5.74, 6) is -0.684. The quantitative estimate of drug-likeness (QED) is 0.240. The van der Waals surface area contributed by atoms with Crippen LogP contribution in [0.1, 0.15) is 23.7 Å². The van der Waals surface area contributed by atoms with Gasteiger partial charge in [-0.3, -0.25) is 0 Å². The number of hydrogen-bond acceptors (Lipinski definition) is 3. The van der Waals surface area contributed by atoms with E-state index >= 15 is 0 Å². The summed E-state index contributed by atoms with van der Waals surface area (Å²) in [6, 6.07) is 18.3. The molecule has 1 heterocycles. The molecule has 0 saturated carbocycles. The van der Waals surface area contributed by atoms with Crippen LogP contribution in [-0.2, 0) is 28.7 Å². The molecule has 0 aliphatic carbocycles. The van der Waals surface area contributed by atoms with Gasteiger partial charge in [-0.15, -0.1) is 0 Å². The number of nitrogens with one attached hydrogen (secondary N) is 1.